The van der Waals surface area contributed by atoms with Gasteiger partial charge in [0.25, 0.3) is 5.91 Å². The van der Waals surface area contributed by atoms with Crippen LogP contribution in [0.1, 0.15) is 66.3 Å². The zero-order valence-corrected chi connectivity index (χ0v) is 16.7. The number of nitrogens with one attached hydrogen (secondary N) is 1. The second-order valence-electron chi connectivity index (χ2n) is 8.57. The standard InChI is InChI=1S/C22H28N4O3/c27-21(18-12-19(29-25-18)17-6-7-17)26-10-11-28-22(15-26)8-2-1-5-20(22)24-14-16-4-3-9-23-13-16/h3-4,9,12-13,17,20,24H,1-2,5-8,10-11,14-15H2/t20-,22+/m0/s1. The maximum Gasteiger partial charge on any atom is 0.276 e. The lowest BCUT2D eigenvalue weighted by molar-refractivity contribution is -0.135. The number of hydrogen-bond acceptors (Lipinski definition) is 6. The Morgan fingerprint density at radius 2 is 2.24 bits per heavy atom. The highest BCUT2D eigenvalue weighted by Crippen LogP contribution is 2.40. The first kappa shape index (κ1) is 18.8. The average molecular weight is 396 g/mol. The van der Waals surface area contributed by atoms with Gasteiger partial charge in [0.1, 0.15) is 11.4 Å². The van der Waals surface area contributed by atoms with Crippen LogP contribution in [0.15, 0.2) is 35.1 Å². The molecule has 1 aliphatic heterocycles. The van der Waals surface area contributed by atoms with Crippen molar-refractivity contribution in [2.45, 2.75) is 62.6 Å². The molecule has 2 atom stereocenters. The zero-order valence-electron chi connectivity index (χ0n) is 16.7. The van der Waals surface area contributed by atoms with Crippen LogP contribution in [0.5, 0.6) is 0 Å². The molecule has 2 aromatic heterocycles. The summed E-state index contributed by atoms with van der Waals surface area (Å²) in [6.07, 6.45) is 10.3. The number of nitrogens with zero attached hydrogens (tertiary/aromatic N) is 3. The van der Waals surface area contributed by atoms with Crippen molar-refractivity contribution in [2.75, 3.05) is 19.7 Å². The van der Waals surface area contributed by atoms with Gasteiger partial charge in [0.2, 0.25) is 0 Å². The summed E-state index contributed by atoms with van der Waals surface area (Å²) in [5, 5.41) is 7.74. The lowest BCUT2D eigenvalue weighted by Crippen LogP contribution is -2.64. The van der Waals surface area contributed by atoms with Crippen molar-refractivity contribution in [1.82, 2.24) is 20.4 Å². The largest absolute Gasteiger partial charge is 0.370 e. The third-order valence-electron chi connectivity index (χ3n) is 6.48. The van der Waals surface area contributed by atoms with Crippen LogP contribution >= 0.6 is 0 Å². The molecular formula is C22H28N4O3. The van der Waals surface area contributed by atoms with Gasteiger partial charge in [-0.3, -0.25) is 9.78 Å². The van der Waals surface area contributed by atoms with Gasteiger partial charge in [0.05, 0.1) is 13.2 Å². The molecule has 2 saturated carbocycles. The molecule has 7 heteroatoms. The number of pyridine rings is 1. The molecular weight excluding hydrogens is 368 g/mol. The summed E-state index contributed by atoms with van der Waals surface area (Å²) in [5.41, 5.74) is 1.25. The third kappa shape index (κ3) is 3.94. The number of aromatic nitrogens is 2. The van der Waals surface area contributed by atoms with E-state index in [4.69, 9.17) is 9.26 Å². The summed E-state index contributed by atoms with van der Waals surface area (Å²) in [6, 6.07) is 6.08. The Morgan fingerprint density at radius 3 is 3.07 bits per heavy atom. The number of rotatable bonds is 5. The van der Waals surface area contributed by atoms with E-state index in [-0.39, 0.29) is 17.6 Å². The van der Waals surface area contributed by atoms with Crippen molar-refractivity contribution in [3.05, 3.63) is 47.6 Å². The van der Waals surface area contributed by atoms with Crippen molar-refractivity contribution in [2.24, 2.45) is 0 Å². The highest BCUT2D eigenvalue weighted by atomic mass is 16.5. The van der Waals surface area contributed by atoms with Crippen LogP contribution in [0.25, 0.3) is 0 Å². The van der Waals surface area contributed by atoms with Crippen molar-refractivity contribution < 1.29 is 14.1 Å². The molecule has 0 bridgehead atoms. The monoisotopic (exact) mass is 396 g/mol. The average Bonchev–Trinajstić information content (AvgIpc) is 3.50. The predicted molar refractivity (Wildman–Crippen MR) is 106 cm³/mol. The van der Waals surface area contributed by atoms with Gasteiger partial charge in [0.15, 0.2) is 5.69 Å². The van der Waals surface area contributed by atoms with Crippen molar-refractivity contribution in [3.63, 3.8) is 0 Å². The molecule has 0 radical (unpaired) electrons. The molecule has 2 aliphatic carbocycles. The fourth-order valence-corrected chi connectivity index (χ4v) is 4.70. The Balaban J connectivity index is 1.29. The Morgan fingerprint density at radius 1 is 1.31 bits per heavy atom. The van der Waals surface area contributed by atoms with Crippen molar-refractivity contribution in [1.29, 1.82) is 0 Å². The maximum atomic E-state index is 13.1. The Labute approximate surface area is 170 Å². The molecule has 5 rings (SSSR count). The summed E-state index contributed by atoms with van der Waals surface area (Å²) in [4.78, 5) is 19.2. The van der Waals surface area contributed by atoms with Gasteiger partial charge in [0, 0.05) is 43.5 Å². The van der Waals surface area contributed by atoms with Gasteiger partial charge in [-0.25, -0.2) is 0 Å². The van der Waals surface area contributed by atoms with E-state index < -0.39 is 0 Å². The highest BCUT2D eigenvalue weighted by Gasteiger charge is 2.46. The molecule has 0 aromatic carbocycles. The molecule has 1 spiro atoms. The normalized spacial score (nSPS) is 27.3. The van der Waals surface area contributed by atoms with Crippen LogP contribution in [-0.2, 0) is 11.3 Å². The number of morpholine rings is 1. The first-order chi connectivity index (χ1) is 14.2. The number of carbonyl (C=O) groups is 1. The lowest BCUT2D eigenvalue weighted by atomic mass is 9.78. The molecule has 3 fully saturated rings. The topological polar surface area (TPSA) is 80.5 Å². The van der Waals surface area contributed by atoms with Gasteiger partial charge in [-0.2, -0.15) is 0 Å². The molecule has 2 aromatic rings. The molecule has 0 unspecified atom stereocenters. The van der Waals surface area contributed by atoms with Crippen LogP contribution in [0.2, 0.25) is 0 Å². The SMILES string of the molecule is O=C(c1cc(C2CC2)on1)N1CCO[C@]2(CCCC[C@@H]2NCc2cccnc2)C1. The summed E-state index contributed by atoms with van der Waals surface area (Å²) in [6.45, 7) is 2.51. The maximum absolute atomic E-state index is 13.1. The smallest absolute Gasteiger partial charge is 0.276 e. The van der Waals surface area contributed by atoms with E-state index in [1.54, 1.807) is 6.20 Å². The van der Waals surface area contributed by atoms with E-state index in [0.29, 0.717) is 31.3 Å². The van der Waals surface area contributed by atoms with Crippen LogP contribution in [-0.4, -0.2) is 52.3 Å². The molecule has 1 amide bonds. The third-order valence-corrected chi connectivity index (χ3v) is 6.48. The first-order valence-electron chi connectivity index (χ1n) is 10.8. The Kier molecular flexibility index (Phi) is 5.09. The van der Waals surface area contributed by atoms with Gasteiger partial charge >= 0.3 is 0 Å². The van der Waals surface area contributed by atoms with E-state index in [0.717, 1.165) is 50.0 Å². The Hall–Kier alpha value is -2.25. The van der Waals surface area contributed by atoms with Crippen LogP contribution in [0.3, 0.4) is 0 Å². The number of amides is 1. The summed E-state index contributed by atoms with van der Waals surface area (Å²) in [7, 11) is 0. The minimum atomic E-state index is -0.336. The van der Waals surface area contributed by atoms with E-state index in [2.05, 4.69) is 21.5 Å². The number of ether oxygens (including phenoxy) is 1. The molecule has 29 heavy (non-hydrogen) atoms. The second-order valence-corrected chi connectivity index (χ2v) is 8.57. The quantitative estimate of drug-likeness (QED) is 0.837. The fourth-order valence-electron chi connectivity index (χ4n) is 4.70. The van der Waals surface area contributed by atoms with Crippen molar-refractivity contribution in [3.8, 4) is 0 Å². The van der Waals surface area contributed by atoms with Gasteiger partial charge in [-0.05, 0) is 37.3 Å². The molecule has 3 aliphatic rings. The van der Waals surface area contributed by atoms with E-state index in [9.17, 15) is 4.79 Å². The van der Waals surface area contributed by atoms with Crippen LogP contribution in [0, 0.1) is 0 Å². The number of carbonyl (C=O) groups excluding carboxylic acids is 1. The minimum Gasteiger partial charge on any atom is -0.370 e. The van der Waals surface area contributed by atoms with E-state index in [1.807, 2.05) is 23.2 Å². The van der Waals surface area contributed by atoms with Gasteiger partial charge in [-0.1, -0.05) is 24.1 Å². The summed E-state index contributed by atoms with van der Waals surface area (Å²) < 4.78 is 11.8. The molecule has 154 valence electrons. The van der Waals surface area contributed by atoms with Crippen molar-refractivity contribution >= 4 is 5.91 Å². The Bertz CT molecular complexity index is 847. The molecule has 7 nitrogen and oxygen atoms in total. The zero-order chi connectivity index (χ0) is 19.7. The molecule has 1 saturated heterocycles. The van der Waals surface area contributed by atoms with Crippen LogP contribution in [0.4, 0.5) is 0 Å². The first-order valence-corrected chi connectivity index (χ1v) is 10.8. The highest BCUT2D eigenvalue weighted by molar-refractivity contribution is 5.92. The second kappa shape index (κ2) is 7.88. The fraction of sp³-hybridized carbons (Fsp3) is 0.591. The molecule has 3 heterocycles. The van der Waals surface area contributed by atoms with E-state index in [1.165, 1.54) is 6.42 Å². The predicted octanol–water partition coefficient (Wildman–Crippen LogP) is 2.89. The molecule has 1 N–H and O–H groups in total. The summed E-state index contributed by atoms with van der Waals surface area (Å²) >= 11 is 0. The van der Waals surface area contributed by atoms with Gasteiger partial charge < -0.3 is 19.5 Å². The van der Waals surface area contributed by atoms with E-state index >= 15 is 0 Å². The lowest BCUT2D eigenvalue weighted by Gasteiger charge is -2.49. The van der Waals surface area contributed by atoms with Crippen LogP contribution < -0.4 is 5.32 Å². The van der Waals surface area contributed by atoms with Gasteiger partial charge in [-0.15, -0.1) is 0 Å². The number of hydrogen-bond donors (Lipinski definition) is 1. The summed E-state index contributed by atoms with van der Waals surface area (Å²) in [5.74, 6) is 1.27. The minimum absolute atomic E-state index is 0.0418.